The Labute approximate surface area is 155 Å². The van der Waals surface area contributed by atoms with Gasteiger partial charge >= 0.3 is 0 Å². The number of nitrogens with zero attached hydrogens (tertiary/aromatic N) is 4. The van der Waals surface area contributed by atoms with Gasteiger partial charge in [-0.2, -0.15) is 10.2 Å². The molecule has 1 aliphatic rings. The average Bonchev–Trinajstić information content (AvgIpc) is 3.36. The summed E-state index contributed by atoms with van der Waals surface area (Å²) in [5.41, 5.74) is 4.73. The molecule has 1 aromatic carbocycles. The van der Waals surface area contributed by atoms with Gasteiger partial charge in [-0.25, -0.2) is 4.68 Å². The summed E-state index contributed by atoms with van der Waals surface area (Å²) in [4.78, 5) is 16.3. The Morgan fingerprint density at radius 2 is 1.85 bits per heavy atom. The van der Waals surface area contributed by atoms with Crippen LogP contribution in [0.3, 0.4) is 0 Å². The molecule has 4 heterocycles. The van der Waals surface area contributed by atoms with Gasteiger partial charge in [0.15, 0.2) is 0 Å². The number of aromatic amines is 1. The molecule has 0 radical (unpaired) electrons. The van der Waals surface area contributed by atoms with E-state index < -0.39 is 0 Å². The Hall–Kier alpha value is -3.74. The lowest BCUT2D eigenvalue weighted by Crippen LogP contribution is -2.23. The van der Waals surface area contributed by atoms with E-state index in [1.807, 2.05) is 53.3 Å². The number of rotatable bonds is 3. The number of para-hydroxylation sites is 1. The molecule has 2 N–H and O–H groups in total. The van der Waals surface area contributed by atoms with Gasteiger partial charge in [-0.05, 0) is 24.3 Å². The van der Waals surface area contributed by atoms with Crippen molar-refractivity contribution in [3.05, 3.63) is 78.4 Å². The summed E-state index contributed by atoms with van der Waals surface area (Å²) < 4.78 is 1.86. The van der Waals surface area contributed by atoms with Gasteiger partial charge in [-0.15, -0.1) is 0 Å². The van der Waals surface area contributed by atoms with Crippen molar-refractivity contribution in [3.8, 4) is 16.9 Å². The van der Waals surface area contributed by atoms with E-state index in [9.17, 15) is 4.79 Å². The van der Waals surface area contributed by atoms with E-state index in [1.165, 1.54) is 0 Å². The van der Waals surface area contributed by atoms with Crippen molar-refractivity contribution >= 4 is 11.7 Å². The summed E-state index contributed by atoms with van der Waals surface area (Å²) in [6.45, 7) is 0. The Kier molecular flexibility index (Phi) is 3.57. The Morgan fingerprint density at radius 3 is 2.67 bits per heavy atom. The molecule has 0 spiro atoms. The number of anilines is 1. The number of amides is 1. The van der Waals surface area contributed by atoms with E-state index in [1.54, 1.807) is 18.6 Å². The smallest absolute Gasteiger partial charge is 0.226 e. The molecule has 4 aromatic rings. The third kappa shape index (κ3) is 2.69. The van der Waals surface area contributed by atoms with E-state index in [0.29, 0.717) is 12.2 Å². The molecule has 3 aromatic heterocycles. The van der Waals surface area contributed by atoms with Gasteiger partial charge in [0.05, 0.1) is 17.6 Å². The lowest BCUT2D eigenvalue weighted by Gasteiger charge is -2.21. The maximum absolute atomic E-state index is 12.2. The van der Waals surface area contributed by atoms with Crippen molar-refractivity contribution in [1.29, 1.82) is 0 Å². The molecule has 0 bridgehead atoms. The Bertz CT molecular complexity index is 1100. The number of benzene rings is 1. The number of pyridine rings is 1. The first kappa shape index (κ1) is 15.5. The highest BCUT2D eigenvalue weighted by molar-refractivity contribution is 5.94. The minimum atomic E-state index is -0.117. The van der Waals surface area contributed by atoms with Crippen LogP contribution in [0, 0.1) is 0 Å². The van der Waals surface area contributed by atoms with Gasteiger partial charge in [0.25, 0.3) is 0 Å². The number of hydrogen-bond donors (Lipinski definition) is 2. The highest BCUT2D eigenvalue weighted by Crippen LogP contribution is 2.40. The maximum atomic E-state index is 12.2. The monoisotopic (exact) mass is 356 g/mol. The van der Waals surface area contributed by atoms with E-state index in [0.717, 1.165) is 28.1 Å². The summed E-state index contributed by atoms with van der Waals surface area (Å²) in [6.07, 6.45) is 7.63. The van der Waals surface area contributed by atoms with Crippen LogP contribution in [0.1, 0.15) is 23.5 Å². The second kappa shape index (κ2) is 6.21. The lowest BCUT2D eigenvalue weighted by atomic mass is 9.86. The van der Waals surface area contributed by atoms with Crippen LogP contribution in [0.15, 0.2) is 67.3 Å². The number of hydrogen-bond acceptors (Lipinski definition) is 4. The molecular weight excluding hydrogens is 340 g/mol. The first-order chi connectivity index (χ1) is 13.3. The third-order valence-electron chi connectivity index (χ3n) is 4.79. The summed E-state index contributed by atoms with van der Waals surface area (Å²) in [5.74, 6) is 0.502. The first-order valence-corrected chi connectivity index (χ1v) is 8.68. The van der Waals surface area contributed by atoms with Gasteiger partial charge in [-0.1, -0.05) is 18.2 Å². The second-order valence-electron chi connectivity index (χ2n) is 6.45. The number of nitrogens with one attached hydrogen (secondary N) is 2. The van der Waals surface area contributed by atoms with Gasteiger partial charge in [0.2, 0.25) is 5.91 Å². The normalized spacial score (nSPS) is 16.0. The maximum Gasteiger partial charge on any atom is 0.226 e. The van der Waals surface area contributed by atoms with Crippen molar-refractivity contribution in [3.63, 3.8) is 0 Å². The fourth-order valence-electron chi connectivity index (χ4n) is 3.51. The zero-order valence-electron chi connectivity index (χ0n) is 14.3. The fraction of sp³-hybridized carbons (Fsp3) is 0.100. The quantitative estimate of drug-likeness (QED) is 0.590. The summed E-state index contributed by atoms with van der Waals surface area (Å²) in [7, 11) is 0. The molecule has 0 aliphatic carbocycles. The highest BCUT2D eigenvalue weighted by Gasteiger charge is 2.31. The number of aromatic nitrogens is 5. The number of H-pyrrole nitrogens is 1. The first-order valence-electron chi connectivity index (χ1n) is 8.68. The standard InChI is InChI=1S/C20H16N6O/c27-18-10-15(16-11-22-24-20(16)23-18)17-12-26(14-4-2-1-3-5-14)25-19(17)13-6-8-21-9-7-13/h1-9,11-12,15H,10H2,(H2,22,23,24,27)/t15-/m1/s1. The minimum absolute atomic E-state index is 0.0371. The van der Waals surface area contributed by atoms with Crippen LogP contribution in [0.25, 0.3) is 16.9 Å². The van der Waals surface area contributed by atoms with E-state index in [4.69, 9.17) is 5.10 Å². The largest absolute Gasteiger partial charge is 0.311 e. The summed E-state index contributed by atoms with van der Waals surface area (Å²) in [6, 6.07) is 13.8. The summed E-state index contributed by atoms with van der Waals surface area (Å²) in [5, 5.41) is 14.6. The summed E-state index contributed by atoms with van der Waals surface area (Å²) >= 11 is 0. The number of carbonyl (C=O) groups is 1. The van der Waals surface area contributed by atoms with Crippen molar-refractivity contribution < 1.29 is 4.79 Å². The Morgan fingerprint density at radius 1 is 1.04 bits per heavy atom. The zero-order valence-corrected chi connectivity index (χ0v) is 14.3. The fourth-order valence-corrected chi connectivity index (χ4v) is 3.51. The van der Waals surface area contributed by atoms with Crippen LogP contribution >= 0.6 is 0 Å². The molecule has 0 saturated carbocycles. The van der Waals surface area contributed by atoms with Crippen LogP contribution in [0.2, 0.25) is 0 Å². The molecule has 132 valence electrons. The minimum Gasteiger partial charge on any atom is -0.311 e. The molecule has 1 atom stereocenters. The molecule has 1 aliphatic heterocycles. The predicted octanol–water partition coefficient (Wildman–Crippen LogP) is 3.13. The van der Waals surface area contributed by atoms with Crippen molar-refractivity contribution in [1.82, 2.24) is 25.0 Å². The molecule has 1 amide bonds. The molecule has 5 rings (SSSR count). The molecule has 27 heavy (non-hydrogen) atoms. The van der Waals surface area contributed by atoms with Crippen molar-refractivity contribution in [2.75, 3.05) is 5.32 Å². The molecular formula is C20H16N6O. The third-order valence-corrected chi connectivity index (χ3v) is 4.79. The van der Waals surface area contributed by atoms with E-state index >= 15 is 0 Å². The molecule has 0 unspecified atom stereocenters. The van der Waals surface area contributed by atoms with Gasteiger partial charge in [0.1, 0.15) is 5.82 Å². The molecule has 7 nitrogen and oxygen atoms in total. The van der Waals surface area contributed by atoms with Crippen molar-refractivity contribution in [2.24, 2.45) is 0 Å². The lowest BCUT2D eigenvalue weighted by molar-refractivity contribution is -0.116. The highest BCUT2D eigenvalue weighted by atomic mass is 16.1. The van der Waals surface area contributed by atoms with Crippen LogP contribution in [-0.4, -0.2) is 30.9 Å². The SMILES string of the molecule is O=C1C[C@@H](c2cn(-c3ccccc3)nc2-c2ccncc2)c2cn[nH]c2N1. The zero-order chi connectivity index (χ0) is 18.2. The van der Waals surface area contributed by atoms with Crippen LogP contribution < -0.4 is 5.32 Å². The van der Waals surface area contributed by atoms with Crippen molar-refractivity contribution in [2.45, 2.75) is 12.3 Å². The topological polar surface area (TPSA) is 88.5 Å². The van der Waals surface area contributed by atoms with Gasteiger partial charge < -0.3 is 5.32 Å². The second-order valence-corrected chi connectivity index (χ2v) is 6.45. The van der Waals surface area contributed by atoms with Crippen LogP contribution in [0.4, 0.5) is 5.82 Å². The molecule has 7 heteroatoms. The van der Waals surface area contributed by atoms with Gasteiger partial charge in [0, 0.05) is 47.6 Å². The number of carbonyl (C=O) groups excluding carboxylic acids is 1. The molecule has 0 fully saturated rings. The van der Waals surface area contributed by atoms with E-state index in [2.05, 4.69) is 20.5 Å². The van der Waals surface area contributed by atoms with E-state index in [-0.39, 0.29) is 11.8 Å². The average molecular weight is 356 g/mol. The number of fused-ring (bicyclic) bond motifs is 1. The predicted molar refractivity (Wildman–Crippen MR) is 100 cm³/mol. The van der Waals surface area contributed by atoms with Gasteiger partial charge in [-0.3, -0.25) is 14.9 Å². The van der Waals surface area contributed by atoms with Crippen LogP contribution in [0.5, 0.6) is 0 Å². The molecule has 0 saturated heterocycles. The Balaban J connectivity index is 1.70. The van der Waals surface area contributed by atoms with Crippen LogP contribution in [-0.2, 0) is 4.79 Å².